The van der Waals surface area contributed by atoms with Gasteiger partial charge in [0.15, 0.2) is 15.6 Å². The Morgan fingerprint density at radius 1 is 1.30 bits per heavy atom. The van der Waals surface area contributed by atoms with Gasteiger partial charge < -0.3 is 9.32 Å². The lowest BCUT2D eigenvalue weighted by Gasteiger charge is -2.27. The van der Waals surface area contributed by atoms with Gasteiger partial charge in [-0.1, -0.05) is 28.1 Å². The third-order valence-electron chi connectivity index (χ3n) is 3.88. The van der Waals surface area contributed by atoms with Crippen LogP contribution in [0.3, 0.4) is 0 Å². The summed E-state index contributed by atoms with van der Waals surface area (Å²) in [5.41, 5.74) is 0.934. The van der Waals surface area contributed by atoms with E-state index in [0.717, 1.165) is 10.0 Å². The highest BCUT2D eigenvalue weighted by Gasteiger charge is 2.35. The van der Waals surface area contributed by atoms with Crippen molar-refractivity contribution in [2.24, 2.45) is 0 Å². The number of carbonyl (C=O) groups is 1. The molecule has 1 saturated heterocycles. The molecule has 0 N–H and O–H groups in total. The van der Waals surface area contributed by atoms with E-state index in [9.17, 15) is 13.2 Å². The number of rotatable bonds is 4. The predicted octanol–water partition coefficient (Wildman–Crippen LogP) is 2.87. The zero-order valence-electron chi connectivity index (χ0n) is 12.3. The summed E-state index contributed by atoms with van der Waals surface area (Å²) in [5, 5.41) is 0. The number of furan rings is 1. The minimum absolute atomic E-state index is 0.00739. The quantitative estimate of drug-likeness (QED) is 0.795. The Morgan fingerprint density at radius 3 is 2.74 bits per heavy atom. The van der Waals surface area contributed by atoms with Gasteiger partial charge in [-0.15, -0.1) is 0 Å². The van der Waals surface area contributed by atoms with Crippen LogP contribution >= 0.6 is 15.9 Å². The number of benzene rings is 1. The largest absolute Gasteiger partial charge is 0.459 e. The fourth-order valence-corrected chi connectivity index (χ4v) is 4.94. The smallest absolute Gasteiger partial charge is 0.290 e. The second kappa shape index (κ2) is 6.49. The van der Waals surface area contributed by atoms with Crippen molar-refractivity contribution in [3.8, 4) is 0 Å². The van der Waals surface area contributed by atoms with Crippen molar-refractivity contribution >= 4 is 31.7 Å². The lowest BCUT2D eigenvalue weighted by atomic mass is 10.1. The highest BCUT2D eigenvalue weighted by molar-refractivity contribution is 9.10. The van der Waals surface area contributed by atoms with Crippen molar-refractivity contribution in [1.82, 2.24) is 4.90 Å². The first-order valence-corrected chi connectivity index (χ1v) is 9.85. The highest BCUT2D eigenvalue weighted by atomic mass is 79.9. The van der Waals surface area contributed by atoms with E-state index in [1.807, 2.05) is 24.3 Å². The maximum atomic E-state index is 12.7. The molecule has 0 saturated carbocycles. The zero-order valence-corrected chi connectivity index (χ0v) is 14.7. The van der Waals surface area contributed by atoms with Gasteiger partial charge in [-0.3, -0.25) is 4.79 Å². The lowest BCUT2D eigenvalue weighted by Crippen LogP contribution is -2.40. The third-order valence-corrected chi connectivity index (χ3v) is 6.13. The molecule has 23 heavy (non-hydrogen) atoms. The SMILES string of the molecule is O=C(c1ccco1)N(Cc1cccc(Br)c1)[C@H]1CCS(=O)(=O)C1. The van der Waals surface area contributed by atoms with Crippen LogP contribution in [0.4, 0.5) is 0 Å². The van der Waals surface area contributed by atoms with Crippen LogP contribution in [0, 0.1) is 0 Å². The highest BCUT2D eigenvalue weighted by Crippen LogP contribution is 2.23. The molecule has 5 nitrogen and oxygen atoms in total. The van der Waals surface area contributed by atoms with Gasteiger partial charge in [0.25, 0.3) is 5.91 Å². The first-order chi connectivity index (χ1) is 10.9. The average molecular weight is 398 g/mol. The molecule has 1 aliphatic heterocycles. The van der Waals surface area contributed by atoms with Crippen molar-refractivity contribution in [2.45, 2.75) is 19.0 Å². The maximum Gasteiger partial charge on any atom is 0.290 e. The molecule has 0 radical (unpaired) electrons. The number of sulfone groups is 1. The summed E-state index contributed by atoms with van der Waals surface area (Å²) in [6.07, 6.45) is 1.90. The van der Waals surface area contributed by atoms with Gasteiger partial charge >= 0.3 is 0 Å². The van der Waals surface area contributed by atoms with E-state index in [1.165, 1.54) is 6.26 Å². The van der Waals surface area contributed by atoms with E-state index >= 15 is 0 Å². The number of amides is 1. The standard InChI is InChI=1S/C16H16BrNO4S/c17-13-4-1-3-12(9-13)10-18(14-6-8-23(20,21)11-14)16(19)15-5-2-7-22-15/h1-5,7,9,14H,6,8,10-11H2/t14-/m0/s1. The first kappa shape index (κ1) is 16.3. The minimum Gasteiger partial charge on any atom is -0.459 e. The number of hydrogen-bond acceptors (Lipinski definition) is 4. The third kappa shape index (κ3) is 3.84. The van der Waals surface area contributed by atoms with Crippen LogP contribution in [-0.4, -0.2) is 36.8 Å². The number of hydrogen-bond donors (Lipinski definition) is 0. The molecule has 1 aliphatic rings. The molecule has 1 aromatic carbocycles. The van der Waals surface area contributed by atoms with Gasteiger partial charge in [0.2, 0.25) is 0 Å². The van der Waals surface area contributed by atoms with E-state index in [2.05, 4.69) is 15.9 Å². The second-order valence-electron chi connectivity index (χ2n) is 5.60. The molecule has 2 aromatic rings. The van der Waals surface area contributed by atoms with Crippen LogP contribution < -0.4 is 0 Å². The fraction of sp³-hybridized carbons (Fsp3) is 0.312. The van der Waals surface area contributed by atoms with Crippen molar-refractivity contribution in [1.29, 1.82) is 0 Å². The molecule has 0 spiro atoms. The summed E-state index contributed by atoms with van der Waals surface area (Å²) in [7, 11) is -3.08. The second-order valence-corrected chi connectivity index (χ2v) is 8.74. The molecule has 1 atom stereocenters. The summed E-state index contributed by atoms with van der Waals surface area (Å²) >= 11 is 3.41. The molecular weight excluding hydrogens is 382 g/mol. The van der Waals surface area contributed by atoms with Crippen molar-refractivity contribution < 1.29 is 17.6 Å². The monoisotopic (exact) mass is 397 g/mol. The predicted molar refractivity (Wildman–Crippen MR) is 89.8 cm³/mol. The summed E-state index contributed by atoms with van der Waals surface area (Å²) < 4.78 is 29.7. The fourth-order valence-electron chi connectivity index (χ4n) is 2.76. The van der Waals surface area contributed by atoms with Crippen molar-refractivity contribution in [3.05, 3.63) is 58.5 Å². The van der Waals surface area contributed by atoms with Crippen LogP contribution in [0.1, 0.15) is 22.5 Å². The normalized spacial score (nSPS) is 19.6. The molecule has 1 amide bonds. The zero-order chi connectivity index (χ0) is 16.4. The van der Waals surface area contributed by atoms with Crippen molar-refractivity contribution in [3.63, 3.8) is 0 Å². The number of nitrogens with zero attached hydrogens (tertiary/aromatic N) is 1. The minimum atomic E-state index is -3.08. The summed E-state index contributed by atoms with van der Waals surface area (Å²) in [6, 6.07) is 10.6. The van der Waals surface area contributed by atoms with Crippen LogP contribution in [0.15, 0.2) is 51.6 Å². The molecule has 122 valence electrons. The van der Waals surface area contributed by atoms with E-state index in [0.29, 0.717) is 13.0 Å². The molecular formula is C16H16BrNO4S. The molecule has 0 bridgehead atoms. The van der Waals surface area contributed by atoms with Gasteiger partial charge in [-0.25, -0.2) is 8.42 Å². The molecule has 3 rings (SSSR count). The summed E-state index contributed by atoms with van der Waals surface area (Å²) in [5.74, 6) is 0.0762. The molecule has 2 heterocycles. The Bertz CT molecular complexity index is 801. The Balaban J connectivity index is 1.88. The molecule has 7 heteroatoms. The molecule has 0 unspecified atom stereocenters. The van der Waals surface area contributed by atoms with E-state index in [-0.39, 0.29) is 29.2 Å². The van der Waals surface area contributed by atoms with Gasteiger partial charge in [0.1, 0.15) is 0 Å². The lowest BCUT2D eigenvalue weighted by molar-refractivity contribution is 0.0648. The molecule has 1 aromatic heterocycles. The molecule has 1 fully saturated rings. The topological polar surface area (TPSA) is 67.6 Å². The van der Waals surface area contributed by atoms with E-state index < -0.39 is 9.84 Å². The van der Waals surface area contributed by atoms with Crippen LogP contribution in [0.5, 0.6) is 0 Å². The van der Waals surface area contributed by atoms with Crippen LogP contribution in [0.25, 0.3) is 0 Å². The first-order valence-electron chi connectivity index (χ1n) is 7.24. The Hall–Kier alpha value is -1.60. The summed E-state index contributed by atoms with van der Waals surface area (Å²) in [4.78, 5) is 14.3. The molecule has 0 aliphatic carbocycles. The van der Waals surface area contributed by atoms with Crippen LogP contribution in [0.2, 0.25) is 0 Å². The van der Waals surface area contributed by atoms with Crippen LogP contribution in [-0.2, 0) is 16.4 Å². The number of carbonyl (C=O) groups excluding carboxylic acids is 1. The summed E-state index contributed by atoms with van der Waals surface area (Å²) in [6.45, 7) is 0.346. The van der Waals surface area contributed by atoms with Gasteiger partial charge in [0, 0.05) is 17.1 Å². The van der Waals surface area contributed by atoms with Gasteiger partial charge in [0.05, 0.1) is 17.8 Å². The van der Waals surface area contributed by atoms with Crippen molar-refractivity contribution in [2.75, 3.05) is 11.5 Å². The van der Waals surface area contributed by atoms with E-state index in [1.54, 1.807) is 17.0 Å². The Labute approximate surface area is 143 Å². The van der Waals surface area contributed by atoms with E-state index in [4.69, 9.17) is 4.42 Å². The Kier molecular flexibility index (Phi) is 4.59. The number of halogens is 1. The maximum absolute atomic E-state index is 12.7. The Morgan fingerprint density at radius 2 is 2.13 bits per heavy atom. The van der Waals surface area contributed by atoms with Gasteiger partial charge in [-0.05, 0) is 36.2 Å². The van der Waals surface area contributed by atoms with Gasteiger partial charge in [-0.2, -0.15) is 0 Å². The average Bonchev–Trinajstić information content (AvgIpc) is 3.13.